The minimum Gasteiger partial charge on any atom is -0.496 e. The fourth-order valence-electron chi connectivity index (χ4n) is 6.34. The summed E-state index contributed by atoms with van der Waals surface area (Å²) >= 11 is 0. The third-order valence-electron chi connectivity index (χ3n) is 9.21. The van der Waals surface area contributed by atoms with Crippen LogP contribution in [0.2, 0.25) is 0 Å². The summed E-state index contributed by atoms with van der Waals surface area (Å²) in [5, 5.41) is 5.83. The number of nitrogens with one attached hydrogen (secondary N) is 2. The maximum absolute atomic E-state index is 12.2. The van der Waals surface area contributed by atoms with Crippen molar-refractivity contribution >= 4 is 11.9 Å². The molecule has 0 aliphatic carbocycles. The number of fused-ring (bicyclic) bond motifs is 1. The van der Waals surface area contributed by atoms with Gasteiger partial charge in [0.25, 0.3) is 0 Å². The van der Waals surface area contributed by atoms with Crippen LogP contribution >= 0.6 is 0 Å². The molecule has 0 fully saturated rings. The van der Waals surface area contributed by atoms with E-state index in [-0.39, 0.29) is 24.6 Å². The van der Waals surface area contributed by atoms with Gasteiger partial charge in [0, 0.05) is 17.7 Å². The van der Waals surface area contributed by atoms with Gasteiger partial charge >= 0.3 is 5.97 Å². The largest absolute Gasteiger partial charge is 0.496 e. The molecule has 0 aromatic heterocycles. The standard InChI is InChI=1S/C36H62N2O5/c1-10-42-33(40)24-38-32(39)23-37-22-31-30-19-21-36(8,43-35(30)29(7)28(6)34(31)41-9)20-13-18-27(5)17-12-16-26(4)15-11-14-25(2)3/h25-27,37H,10-24H2,1-9H3,(H,38,39). The maximum Gasteiger partial charge on any atom is 0.325 e. The fraction of sp³-hybridized carbons (Fsp3) is 0.778. The maximum atomic E-state index is 12.2. The van der Waals surface area contributed by atoms with Crippen LogP contribution in [0.25, 0.3) is 0 Å². The number of methoxy groups -OCH3 is 1. The van der Waals surface area contributed by atoms with Gasteiger partial charge in [-0.15, -0.1) is 0 Å². The Bertz CT molecular complexity index is 1020. The summed E-state index contributed by atoms with van der Waals surface area (Å²) in [4.78, 5) is 23.8. The number of hydrogen-bond donors (Lipinski definition) is 2. The molecular formula is C36H62N2O5. The first-order valence-corrected chi connectivity index (χ1v) is 16.9. The Morgan fingerprint density at radius 2 is 1.56 bits per heavy atom. The molecule has 0 bridgehead atoms. The Labute approximate surface area is 262 Å². The highest BCUT2D eigenvalue weighted by Crippen LogP contribution is 2.45. The molecule has 7 nitrogen and oxygen atoms in total. The first-order chi connectivity index (χ1) is 20.4. The van der Waals surface area contributed by atoms with Gasteiger partial charge in [-0.25, -0.2) is 0 Å². The number of hydrogen-bond acceptors (Lipinski definition) is 6. The Hall–Kier alpha value is -2.28. The third-order valence-corrected chi connectivity index (χ3v) is 9.21. The first kappa shape index (κ1) is 36.9. The summed E-state index contributed by atoms with van der Waals surface area (Å²) in [6.07, 6.45) is 13.5. The van der Waals surface area contributed by atoms with Crippen LogP contribution in [-0.4, -0.2) is 44.3 Å². The van der Waals surface area contributed by atoms with E-state index in [0.717, 1.165) is 65.2 Å². The highest BCUT2D eigenvalue weighted by Gasteiger charge is 2.35. The van der Waals surface area contributed by atoms with Gasteiger partial charge in [0.1, 0.15) is 23.6 Å². The quantitative estimate of drug-likeness (QED) is 0.150. The Balaban J connectivity index is 1.90. The zero-order valence-corrected chi connectivity index (χ0v) is 28.9. The number of carbonyl (C=O) groups excluding carboxylic acids is 2. The van der Waals surface area contributed by atoms with Crippen molar-refractivity contribution in [1.82, 2.24) is 10.6 Å². The molecule has 1 heterocycles. The number of carbonyl (C=O) groups is 2. The second kappa shape index (κ2) is 18.5. The molecule has 1 amide bonds. The molecule has 2 N–H and O–H groups in total. The van der Waals surface area contributed by atoms with Crippen molar-refractivity contribution < 1.29 is 23.8 Å². The van der Waals surface area contributed by atoms with Gasteiger partial charge in [-0.1, -0.05) is 72.6 Å². The van der Waals surface area contributed by atoms with Gasteiger partial charge in [0.05, 0.1) is 20.3 Å². The summed E-state index contributed by atoms with van der Waals surface area (Å²) in [6.45, 7) is 18.4. The summed E-state index contributed by atoms with van der Waals surface area (Å²) < 4.78 is 17.5. The number of rotatable bonds is 20. The minimum absolute atomic E-state index is 0.0953. The van der Waals surface area contributed by atoms with Crippen LogP contribution in [0.1, 0.15) is 128 Å². The molecular weight excluding hydrogens is 540 g/mol. The second-order valence-electron chi connectivity index (χ2n) is 13.7. The number of benzene rings is 1. The zero-order valence-electron chi connectivity index (χ0n) is 28.9. The molecule has 1 aromatic carbocycles. The number of ether oxygens (including phenoxy) is 3. The predicted octanol–water partition coefficient (Wildman–Crippen LogP) is 7.60. The molecule has 43 heavy (non-hydrogen) atoms. The molecule has 0 saturated heterocycles. The van der Waals surface area contributed by atoms with Crippen LogP contribution in [0.3, 0.4) is 0 Å². The lowest BCUT2D eigenvalue weighted by atomic mass is 9.83. The molecule has 7 heteroatoms. The number of esters is 1. The van der Waals surface area contributed by atoms with Crippen molar-refractivity contribution in [3.05, 3.63) is 22.3 Å². The Kier molecular flexibility index (Phi) is 15.9. The van der Waals surface area contributed by atoms with Crippen molar-refractivity contribution in [2.24, 2.45) is 17.8 Å². The van der Waals surface area contributed by atoms with E-state index in [2.05, 4.69) is 59.1 Å². The lowest BCUT2D eigenvalue weighted by Crippen LogP contribution is -2.38. The monoisotopic (exact) mass is 602 g/mol. The van der Waals surface area contributed by atoms with Gasteiger partial charge in [-0.2, -0.15) is 0 Å². The second-order valence-corrected chi connectivity index (χ2v) is 13.7. The molecule has 1 aliphatic rings. The Morgan fingerprint density at radius 3 is 2.16 bits per heavy atom. The third kappa shape index (κ3) is 12.3. The molecule has 0 radical (unpaired) electrons. The molecule has 246 valence electrons. The van der Waals surface area contributed by atoms with E-state index < -0.39 is 5.97 Å². The first-order valence-electron chi connectivity index (χ1n) is 16.9. The summed E-state index contributed by atoms with van der Waals surface area (Å²) in [6, 6.07) is 0. The van der Waals surface area contributed by atoms with Crippen molar-refractivity contribution in [3.63, 3.8) is 0 Å². The van der Waals surface area contributed by atoms with Crippen LogP contribution < -0.4 is 20.1 Å². The van der Waals surface area contributed by atoms with Gasteiger partial charge in [-0.05, 0) is 82.3 Å². The van der Waals surface area contributed by atoms with Gasteiger partial charge in [-0.3, -0.25) is 9.59 Å². The van der Waals surface area contributed by atoms with E-state index in [1.54, 1.807) is 14.0 Å². The molecule has 1 aromatic rings. The highest BCUT2D eigenvalue weighted by molar-refractivity contribution is 5.83. The molecule has 2 rings (SSSR count). The average Bonchev–Trinajstić information content (AvgIpc) is 2.94. The van der Waals surface area contributed by atoms with Crippen LogP contribution in [0, 0.1) is 31.6 Å². The molecule has 3 unspecified atom stereocenters. The summed E-state index contributed by atoms with van der Waals surface area (Å²) in [5.41, 5.74) is 4.24. The topological polar surface area (TPSA) is 85.9 Å². The van der Waals surface area contributed by atoms with E-state index in [4.69, 9.17) is 14.2 Å². The summed E-state index contributed by atoms with van der Waals surface area (Å²) in [5.74, 6) is 3.57. The number of amides is 1. The normalized spacial score (nSPS) is 17.6. The van der Waals surface area contributed by atoms with Crippen LogP contribution in [0.5, 0.6) is 11.5 Å². The smallest absolute Gasteiger partial charge is 0.325 e. The molecule has 0 spiro atoms. The van der Waals surface area contributed by atoms with Crippen molar-refractivity contribution in [2.75, 3.05) is 26.8 Å². The molecule has 3 atom stereocenters. The summed E-state index contributed by atoms with van der Waals surface area (Å²) in [7, 11) is 1.70. The van der Waals surface area contributed by atoms with E-state index >= 15 is 0 Å². The van der Waals surface area contributed by atoms with E-state index in [0.29, 0.717) is 13.2 Å². The molecule has 1 aliphatic heterocycles. The lowest BCUT2D eigenvalue weighted by molar-refractivity contribution is -0.143. The van der Waals surface area contributed by atoms with Crippen LogP contribution in [-0.2, 0) is 27.3 Å². The van der Waals surface area contributed by atoms with Gasteiger partial charge in [0.2, 0.25) is 5.91 Å². The fourth-order valence-corrected chi connectivity index (χ4v) is 6.34. The Morgan fingerprint density at radius 1 is 0.930 bits per heavy atom. The van der Waals surface area contributed by atoms with Crippen LogP contribution in [0.15, 0.2) is 0 Å². The lowest BCUT2D eigenvalue weighted by Gasteiger charge is -2.39. The van der Waals surface area contributed by atoms with E-state index in [1.165, 1.54) is 56.9 Å². The predicted molar refractivity (Wildman–Crippen MR) is 176 cm³/mol. The van der Waals surface area contributed by atoms with Crippen molar-refractivity contribution in [3.8, 4) is 11.5 Å². The van der Waals surface area contributed by atoms with Crippen LogP contribution in [0.4, 0.5) is 0 Å². The van der Waals surface area contributed by atoms with E-state index in [9.17, 15) is 9.59 Å². The highest BCUT2D eigenvalue weighted by atomic mass is 16.5. The zero-order chi connectivity index (χ0) is 32.0. The van der Waals surface area contributed by atoms with Crippen molar-refractivity contribution in [1.29, 1.82) is 0 Å². The molecule has 0 saturated carbocycles. The van der Waals surface area contributed by atoms with Gasteiger partial charge < -0.3 is 24.8 Å². The average molecular weight is 603 g/mol. The van der Waals surface area contributed by atoms with Crippen molar-refractivity contribution in [2.45, 2.75) is 138 Å². The van der Waals surface area contributed by atoms with Gasteiger partial charge in [0.15, 0.2) is 0 Å². The SMILES string of the molecule is CCOC(=O)CNC(=O)CNCc1c2c(c(C)c(C)c1OC)OC(C)(CCCC(C)CCCC(C)CCCC(C)C)CC2. The minimum atomic E-state index is -0.437. The van der Waals surface area contributed by atoms with E-state index in [1.807, 2.05) is 0 Å².